The monoisotopic (exact) mass is 470 g/mol. The van der Waals surface area contributed by atoms with Gasteiger partial charge in [0.25, 0.3) is 0 Å². The number of piperazine rings is 1. The number of nitrogens with zero attached hydrogens (tertiary/aromatic N) is 4. The standard InChI is InChI=1S/C27H30N6O2/c1-17(21-13-26(34)30-15-21)35-25-12-19(11-23-27(25)33(16-31-23)22-3-4-22)18-2-5-24(20(10-18)14-28)32-8-6-29-7-9-32/h2,5,10-12,16-17,21-22,29H,3-4,6-9,13,15H2,1H3,(H,30,34)/t17-,21?/m1/s1. The molecule has 0 spiro atoms. The number of ether oxygens (including phenoxy) is 1. The number of nitrogens with one attached hydrogen (secondary N) is 2. The molecule has 2 aromatic carbocycles. The van der Waals surface area contributed by atoms with Gasteiger partial charge in [-0.25, -0.2) is 4.98 Å². The highest BCUT2D eigenvalue weighted by Gasteiger charge is 2.30. The number of carbonyl (C=O) groups is 1. The molecule has 8 nitrogen and oxygen atoms in total. The zero-order chi connectivity index (χ0) is 23.9. The van der Waals surface area contributed by atoms with Gasteiger partial charge in [-0.2, -0.15) is 5.26 Å². The van der Waals surface area contributed by atoms with Crippen LogP contribution in [0.3, 0.4) is 0 Å². The van der Waals surface area contributed by atoms with Gasteiger partial charge in [0.2, 0.25) is 5.91 Å². The van der Waals surface area contributed by atoms with Crippen molar-refractivity contribution < 1.29 is 9.53 Å². The van der Waals surface area contributed by atoms with Crippen LogP contribution in [0.25, 0.3) is 22.2 Å². The van der Waals surface area contributed by atoms with Gasteiger partial charge in [0.15, 0.2) is 0 Å². The first-order valence-electron chi connectivity index (χ1n) is 12.5. The van der Waals surface area contributed by atoms with E-state index in [2.05, 4.69) is 50.4 Å². The van der Waals surface area contributed by atoms with E-state index in [9.17, 15) is 10.1 Å². The van der Waals surface area contributed by atoms with E-state index in [0.717, 1.165) is 72.6 Å². The van der Waals surface area contributed by atoms with E-state index in [1.54, 1.807) is 0 Å². The summed E-state index contributed by atoms with van der Waals surface area (Å²) in [6.07, 6.45) is 4.60. The van der Waals surface area contributed by atoms with Gasteiger partial charge >= 0.3 is 0 Å². The van der Waals surface area contributed by atoms with Crippen LogP contribution < -0.4 is 20.3 Å². The Morgan fingerprint density at radius 3 is 2.71 bits per heavy atom. The number of benzene rings is 2. The molecule has 3 aromatic rings. The number of anilines is 1. The Morgan fingerprint density at radius 2 is 2.00 bits per heavy atom. The molecule has 2 N–H and O–H groups in total. The molecule has 180 valence electrons. The summed E-state index contributed by atoms with van der Waals surface area (Å²) >= 11 is 0. The normalized spacial score (nSPS) is 21.1. The molecule has 3 heterocycles. The first kappa shape index (κ1) is 21.9. The Hall–Kier alpha value is -3.57. The van der Waals surface area contributed by atoms with Crippen molar-refractivity contribution in [3.8, 4) is 22.9 Å². The fraction of sp³-hybridized carbons (Fsp3) is 0.444. The average molecular weight is 471 g/mol. The maximum absolute atomic E-state index is 11.8. The SMILES string of the molecule is C[C@@H](Oc1cc(-c2ccc(N3CCNCC3)c(C#N)c2)cc2ncn(C3CC3)c12)C1CNC(=O)C1. The number of aromatic nitrogens is 2. The fourth-order valence-corrected chi connectivity index (χ4v) is 5.26. The van der Waals surface area contributed by atoms with Crippen LogP contribution in [0.5, 0.6) is 5.75 Å². The molecule has 0 bridgehead atoms. The third kappa shape index (κ3) is 4.21. The van der Waals surface area contributed by atoms with Gasteiger partial charge in [-0.1, -0.05) is 6.07 Å². The first-order chi connectivity index (χ1) is 17.1. The molecule has 2 atom stereocenters. The van der Waals surface area contributed by atoms with Crippen molar-refractivity contribution in [1.29, 1.82) is 5.26 Å². The second kappa shape index (κ2) is 8.90. The molecule has 2 aliphatic heterocycles. The van der Waals surface area contributed by atoms with Gasteiger partial charge in [-0.15, -0.1) is 0 Å². The number of hydrogen-bond donors (Lipinski definition) is 2. The summed E-state index contributed by atoms with van der Waals surface area (Å²) in [5, 5.41) is 16.2. The molecule has 1 amide bonds. The van der Waals surface area contributed by atoms with Crippen LogP contribution in [-0.2, 0) is 4.79 Å². The molecule has 2 saturated heterocycles. The third-order valence-electron chi connectivity index (χ3n) is 7.47. The van der Waals surface area contributed by atoms with Crippen LogP contribution in [0.15, 0.2) is 36.7 Å². The predicted octanol–water partition coefficient (Wildman–Crippen LogP) is 3.22. The molecule has 1 aliphatic carbocycles. The van der Waals surface area contributed by atoms with E-state index in [-0.39, 0.29) is 17.9 Å². The van der Waals surface area contributed by atoms with Gasteiger partial charge in [0, 0.05) is 51.1 Å². The Balaban J connectivity index is 1.38. The zero-order valence-electron chi connectivity index (χ0n) is 20.0. The van der Waals surface area contributed by atoms with Gasteiger partial charge in [-0.3, -0.25) is 4.79 Å². The Kier molecular flexibility index (Phi) is 5.57. The van der Waals surface area contributed by atoms with Crippen molar-refractivity contribution in [2.75, 3.05) is 37.6 Å². The molecule has 35 heavy (non-hydrogen) atoms. The molecular weight excluding hydrogens is 440 g/mol. The number of carbonyl (C=O) groups excluding carboxylic acids is 1. The second-order valence-corrected chi connectivity index (χ2v) is 9.90. The highest BCUT2D eigenvalue weighted by Crippen LogP contribution is 2.42. The maximum Gasteiger partial charge on any atom is 0.220 e. The van der Waals surface area contributed by atoms with E-state index in [0.29, 0.717) is 24.6 Å². The molecule has 1 unspecified atom stereocenters. The van der Waals surface area contributed by atoms with E-state index in [4.69, 9.17) is 9.72 Å². The quantitative estimate of drug-likeness (QED) is 0.574. The largest absolute Gasteiger partial charge is 0.488 e. The van der Waals surface area contributed by atoms with Crippen molar-refractivity contribution >= 4 is 22.6 Å². The highest BCUT2D eigenvalue weighted by molar-refractivity contribution is 5.89. The molecule has 6 rings (SSSR count). The number of amides is 1. The van der Waals surface area contributed by atoms with Crippen LogP contribution >= 0.6 is 0 Å². The molecular formula is C27H30N6O2. The van der Waals surface area contributed by atoms with Crippen LogP contribution in [0, 0.1) is 17.2 Å². The lowest BCUT2D eigenvalue weighted by Gasteiger charge is -2.30. The summed E-state index contributed by atoms with van der Waals surface area (Å²) in [5.41, 5.74) is 5.52. The van der Waals surface area contributed by atoms with Gasteiger partial charge in [-0.05, 0) is 55.2 Å². The summed E-state index contributed by atoms with van der Waals surface area (Å²) in [4.78, 5) is 18.7. The minimum absolute atomic E-state index is 0.0842. The lowest BCUT2D eigenvalue weighted by molar-refractivity contribution is -0.119. The summed E-state index contributed by atoms with van der Waals surface area (Å²) in [7, 11) is 0. The van der Waals surface area contributed by atoms with Crippen molar-refractivity contribution in [3.63, 3.8) is 0 Å². The predicted molar refractivity (Wildman–Crippen MR) is 134 cm³/mol. The first-order valence-corrected chi connectivity index (χ1v) is 12.5. The Bertz CT molecular complexity index is 1320. The summed E-state index contributed by atoms with van der Waals surface area (Å²) in [5.74, 6) is 1.02. The second-order valence-electron chi connectivity index (χ2n) is 9.90. The molecule has 3 fully saturated rings. The van der Waals surface area contributed by atoms with E-state index in [1.807, 2.05) is 19.3 Å². The average Bonchev–Trinajstić information content (AvgIpc) is 3.49. The minimum atomic E-state index is -0.111. The molecule has 1 aromatic heterocycles. The molecule has 8 heteroatoms. The summed E-state index contributed by atoms with van der Waals surface area (Å²) in [6.45, 7) is 6.32. The number of nitriles is 1. The lowest BCUT2D eigenvalue weighted by atomic mass is 10.00. The van der Waals surface area contributed by atoms with Crippen LogP contribution in [0.1, 0.15) is 37.8 Å². The van der Waals surface area contributed by atoms with Gasteiger partial charge < -0.3 is 24.8 Å². The van der Waals surface area contributed by atoms with E-state index < -0.39 is 0 Å². The number of fused-ring (bicyclic) bond motifs is 1. The smallest absolute Gasteiger partial charge is 0.220 e. The summed E-state index contributed by atoms with van der Waals surface area (Å²) < 4.78 is 8.77. The minimum Gasteiger partial charge on any atom is -0.488 e. The zero-order valence-corrected chi connectivity index (χ0v) is 20.0. The van der Waals surface area contributed by atoms with E-state index in [1.165, 1.54) is 0 Å². The van der Waals surface area contributed by atoms with Gasteiger partial charge in [0.05, 0.1) is 23.1 Å². The third-order valence-corrected chi connectivity index (χ3v) is 7.47. The Labute approximate surface area is 204 Å². The highest BCUT2D eigenvalue weighted by atomic mass is 16.5. The van der Waals surface area contributed by atoms with Crippen molar-refractivity contribution in [2.24, 2.45) is 5.92 Å². The maximum atomic E-state index is 11.8. The number of hydrogen-bond acceptors (Lipinski definition) is 6. The lowest BCUT2D eigenvalue weighted by Crippen LogP contribution is -2.43. The number of imidazole rings is 1. The molecule has 3 aliphatic rings. The van der Waals surface area contributed by atoms with Crippen molar-refractivity contribution in [3.05, 3.63) is 42.2 Å². The fourth-order valence-electron chi connectivity index (χ4n) is 5.26. The molecule has 0 radical (unpaired) electrons. The Morgan fingerprint density at radius 1 is 1.17 bits per heavy atom. The van der Waals surface area contributed by atoms with Crippen LogP contribution in [-0.4, -0.2) is 54.3 Å². The topological polar surface area (TPSA) is 95.2 Å². The summed E-state index contributed by atoms with van der Waals surface area (Å²) in [6, 6.07) is 13.2. The van der Waals surface area contributed by atoms with Crippen LogP contribution in [0.2, 0.25) is 0 Å². The number of rotatable bonds is 6. The van der Waals surface area contributed by atoms with Crippen LogP contribution in [0.4, 0.5) is 5.69 Å². The van der Waals surface area contributed by atoms with Gasteiger partial charge in [0.1, 0.15) is 23.4 Å². The van der Waals surface area contributed by atoms with Crippen molar-refractivity contribution in [1.82, 2.24) is 20.2 Å². The molecule has 1 saturated carbocycles. The van der Waals surface area contributed by atoms with E-state index >= 15 is 0 Å². The van der Waals surface area contributed by atoms with Crippen molar-refractivity contribution in [2.45, 2.75) is 38.3 Å².